The molecule has 0 aromatic heterocycles. The van der Waals surface area contributed by atoms with Crippen molar-refractivity contribution in [3.63, 3.8) is 0 Å². The van der Waals surface area contributed by atoms with Crippen molar-refractivity contribution in [1.82, 2.24) is 0 Å². The van der Waals surface area contributed by atoms with Gasteiger partial charge in [-0.25, -0.2) is 0 Å². The number of phenols is 1. The number of benzene rings is 1. The molecule has 0 aliphatic carbocycles. The summed E-state index contributed by atoms with van der Waals surface area (Å²) in [5.41, 5.74) is 2.62. The first-order valence-corrected chi connectivity index (χ1v) is 7.40. The second-order valence-corrected chi connectivity index (χ2v) is 7.62. The smallest absolute Gasteiger partial charge is 0.305 e. The molecule has 1 N–H and O–H groups in total. The molecule has 1 aromatic carbocycles. The molecule has 0 saturated carbocycles. The van der Waals surface area contributed by atoms with Crippen molar-refractivity contribution >= 4 is 5.97 Å². The van der Waals surface area contributed by atoms with E-state index in [4.69, 9.17) is 4.74 Å². The van der Waals surface area contributed by atoms with Gasteiger partial charge < -0.3 is 9.84 Å². The van der Waals surface area contributed by atoms with Gasteiger partial charge in [0.1, 0.15) is 5.75 Å². The summed E-state index contributed by atoms with van der Waals surface area (Å²) in [6.07, 6.45) is 0.980. The van der Waals surface area contributed by atoms with Gasteiger partial charge in [-0.3, -0.25) is 4.79 Å². The quantitative estimate of drug-likeness (QED) is 0.853. The summed E-state index contributed by atoms with van der Waals surface area (Å²) in [6.45, 7) is 12.5. The Hall–Kier alpha value is -1.51. The van der Waals surface area contributed by atoms with Crippen molar-refractivity contribution in [2.75, 3.05) is 7.11 Å². The molecule has 0 aliphatic rings. The van der Waals surface area contributed by atoms with Crippen LogP contribution in [0.5, 0.6) is 5.75 Å². The predicted octanol–water partition coefficient (Wildman–Crippen LogP) is 4.09. The van der Waals surface area contributed by atoms with Gasteiger partial charge in [0.25, 0.3) is 0 Å². The van der Waals surface area contributed by atoms with Crippen LogP contribution in [0, 0.1) is 0 Å². The molecule has 1 aromatic rings. The standard InChI is InChI=1S/C18H28O3/c1-17(2,3)13-10-12(8-9-15(19)21-7)11-14(16(13)20)18(4,5)6/h10-11,20H,8-9H2,1-7H3. The molecule has 0 heterocycles. The SMILES string of the molecule is COC(=O)CCc1cc(C(C)(C)C)c(O)c(C(C)(C)C)c1. The normalized spacial score (nSPS) is 12.3. The van der Waals surface area contributed by atoms with Crippen LogP contribution in [0.2, 0.25) is 0 Å². The van der Waals surface area contributed by atoms with Crippen LogP contribution >= 0.6 is 0 Å². The van der Waals surface area contributed by atoms with Gasteiger partial charge in [-0.15, -0.1) is 0 Å². The van der Waals surface area contributed by atoms with E-state index in [0.717, 1.165) is 16.7 Å². The van der Waals surface area contributed by atoms with E-state index >= 15 is 0 Å². The van der Waals surface area contributed by atoms with E-state index in [2.05, 4.69) is 41.5 Å². The molecule has 0 amide bonds. The molecular weight excluding hydrogens is 264 g/mol. The molecular formula is C18H28O3. The Labute approximate surface area is 128 Å². The third-order valence-electron chi connectivity index (χ3n) is 3.63. The van der Waals surface area contributed by atoms with Crippen molar-refractivity contribution in [3.8, 4) is 5.75 Å². The number of carbonyl (C=O) groups excluding carboxylic acids is 1. The largest absolute Gasteiger partial charge is 0.507 e. The van der Waals surface area contributed by atoms with Crippen LogP contribution in [0.4, 0.5) is 0 Å². The minimum absolute atomic E-state index is 0.147. The molecule has 0 unspecified atom stereocenters. The first-order valence-electron chi connectivity index (χ1n) is 7.40. The maximum atomic E-state index is 11.3. The van der Waals surface area contributed by atoms with Crippen LogP contribution in [0.1, 0.15) is 64.7 Å². The fourth-order valence-electron chi connectivity index (χ4n) is 2.33. The summed E-state index contributed by atoms with van der Waals surface area (Å²) in [5.74, 6) is 0.162. The van der Waals surface area contributed by atoms with Gasteiger partial charge in [0.15, 0.2) is 0 Å². The first-order chi connectivity index (χ1) is 9.46. The highest BCUT2D eigenvalue weighted by molar-refractivity contribution is 5.69. The zero-order valence-electron chi connectivity index (χ0n) is 14.3. The lowest BCUT2D eigenvalue weighted by Gasteiger charge is -2.28. The summed E-state index contributed by atoms with van der Waals surface area (Å²) in [5, 5.41) is 10.6. The van der Waals surface area contributed by atoms with Crippen LogP contribution in [-0.2, 0) is 26.8 Å². The predicted molar refractivity (Wildman–Crippen MR) is 85.8 cm³/mol. The van der Waals surface area contributed by atoms with Crippen LogP contribution in [-0.4, -0.2) is 18.2 Å². The Bertz CT molecular complexity index is 481. The van der Waals surface area contributed by atoms with Gasteiger partial charge in [0.05, 0.1) is 7.11 Å². The molecule has 0 atom stereocenters. The van der Waals surface area contributed by atoms with E-state index in [0.29, 0.717) is 18.6 Å². The Balaban J connectivity index is 3.31. The van der Waals surface area contributed by atoms with E-state index in [9.17, 15) is 9.90 Å². The molecule has 3 nitrogen and oxygen atoms in total. The van der Waals surface area contributed by atoms with Gasteiger partial charge in [0, 0.05) is 6.42 Å². The third-order valence-corrected chi connectivity index (χ3v) is 3.63. The molecule has 0 aliphatic heterocycles. The molecule has 3 heteroatoms. The van der Waals surface area contributed by atoms with Crippen LogP contribution < -0.4 is 0 Å². The molecule has 0 saturated heterocycles. The molecule has 118 valence electrons. The number of hydrogen-bond donors (Lipinski definition) is 1. The van der Waals surface area contributed by atoms with Gasteiger partial charge in [-0.1, -0.05) is 53.7 Å². The second-order valence-electron chi connectivity index (χ2n) is 7.62. The van der Waals surface area contributed by atoms with E-state index in [-0.39, 0.29) is 16.8 Å². The number of ether oxygens (including phenoxy) is 1. The molecule has 0 spiro atoms. The van der Waals surface area contributed by atoms with Crippen molar-refractivity contribution in [1.29, 1.82) is 0 Å². The number of methoxy groups -OCH3 is 1. The summed E-state index contributed by atoms with van der Waals surface area (Å²) in [4.78, 5) is 11.3. The van der Waals surface area contributed by atoms with Crippen molar-refractivity contribution in [3.05, 3.63) is 28.8 Å². The maximum absolute atomic E-state index is 11.3. The fraction of sp³-hybridized carbons (Fsp3) is 0.611. The number of phenolic OH excluding ortho intramolecular Hbond substituents is 1. The summed E-state index contributed by atoms with van der Waals surface area (Å²) >= 11 is 0. The van der Waals surface area contributed by atoms with Gasteiger partial charge in [0.2, 0.25) is 0 Å². The summed E-state index contributed by atoms with van der Waals surface area (Å²) in [6, 6.07) is 4.01. The Kier molecular flexibility index (Phi) is 5.08. The van der Waals surface area contributed by atoms with Gasteiger partial charge >= 0.3 is 5.97 Å². The van der Waals surface area contributed by atoms with Crippen molar-refractivity contribution < 1.29 is 14.6 Å². The molecule has 21 heavy (non-hydrogen) atoms. The van der Waals surface area contributed by atoms with Gasteiger partial charge in [-0.2, -0.15) is 0 Å². The average molecular weight is 292 g/mol. The topological polar surface area (TPSA) is 46.5 Å². The summed E-state index contributed by atoms with van der Waals surface area (Å²) in [7, 11) is 1.40. The van der Waals surface area contributed by atoms with E-state index in [1.54, 1.807) is 0 Å². The molecule has 0 radical (unpaired) electrons. The monoisotopic (exact) mass is 292 g/mol. The number of carbonyl (C=O) groups is 1. The lowest BCUT2D eigenvalue weighted by molar-refractivity contribution is -0.140. The molecule has 0 fully saturated rings. The molecule has 0 bridgehead atoms. The fourth-order valence-corrected chi connectivity index (χ4v) is 2.33. The number of rotatable bonds is 3. The van der Waals surface area contributed by atoms with Crippen LogP contribution in [0.25, 0.3) is 0 Å². The number of esters is 1. The minimum Gasteiger partial charge on any atom is -0.507 e. The van der Waals surface area contributed by atoms with E-state index < -0.39 is 0 Å². The van der Waals surface area contributed by atoms with Crippen molar-refractivity contribution in [2.24, 2.45) is 0 Å². The lowest BCUT2D eigenvalue weighted by atomic mass is 9.78. The zero-order valence-corrected chi connectivity index (χ0v) is 14.3. The highest BCUT2D eigenvalue weighted by Gasteiger charge is 2.26. The third kappa shape index (κ3) is 4.48. The Morgan fingerprint density at radius 1 is 1.05 bits per heavy atom. The van der Waals surface area contributed by atoms with E-state index in [1.165, 1.54) is 7.11 Å². The maximum Gasteiger partial charge on any atom is 0.305 e. The minimum atomic E-state index is -0.210. The Morgan fingerprint density at radius 2 is 1.48 bits per heavy atom. The van der Waals surface area contributed by atoms with Crippen LogP contribution in [0.3, 0.4) is 0 Å². The number of hydrogen-bond acceptors (Lipinski definition) is 3. The average Bonchev–Trinajstić information content (AvgIpc) is 2.34. The van der Waals surface area contributed by atoms with E-state index in [1.807, 2.05) is 12.1 Å². The lowest BCUT2D eigenvalue weighted by Crippen LogP contribution is -2.18. The number of aryl methyl sites for hydroxylation is 1. The molecule has 1 rings (SSSR count). The van der Waals surface area contributed by atoms with Gasteiger partial charge in [-0.05, 0) is 33.9 Å². The van der Waals surface area contributed by atoms with Crippen molar-refractivity contribution in [2.45, 2.75) is 65.2 Å². The highest BCUT2D eigenvalue weighted by Crippen LogP contribution is 2.39. The van der Waals surface area contributed by atoms with Crippen LogP contribution in [0.15, 0.2) is 12.1 Å². The summed E-state index contributed by atoms with van der Waals surface area (Å²) < 4.78 is 4.70. The highest BCUT2D eigenvalue weighted by atomic mass is 16.5. The first kappa shape index (κ1) is 17.5. The zero-order chi connectivity index (χ0) is 16.4. The second kappa shape index (κ2) is 6.08. The number of aromatic hydroxyl groups is 1. The Morgan fingerprint density at radius 3 is 1.81 bits per heavy atom.